The Kier molecular flexibility index (Phi) is 6.49. The number of carbonyl (C=O) groups excluding carboxylic acids is 1. The number of nitrogens with two attached hydrogens (primary N) is 1. The van der Waals surface area contributed by atoms with Crippen LogP contribution in [0.4, 0.5) is 0 Å². The van der Waals surface area contributed by atoms with Gasteiger partial charge in [-0.05, 0) is 38.5 Å². The fourth-order valence-electron chi connectivity index (χ4n) is 3.55. The van der Waals surface area contributed by atoms with Gasteiger partial charge in [0, 0.05) is 12.6 Å². The van der Waals surface area contributed by atoms with Crippen LogP contribution in [-0.2, 0) is 4.79 Å². The fraction of sp³-hybridized carbons (Fsp3) is 0.875. The standard InChI is InChI=1S/C16H31N3O2/c1-5-9-16(10-6-2,14(17)18-21)15(20)19-11-7-8-12(3)13(19)4/h12-13,21H,5-11H2,1-4H3,(H2,17,18). The van der Waals surface area contributed by atoms with E-state index in [9.17, 15) is 10.0 Å². The summed E-state index contributed by atoms with van der Waals surface area (Å²) in [5.74, 6) is 0.609. The molecule has 1 heterocycles. The van der Waals surface area contributed by atoms with Crippen LogP contribution in [0, 0.1) is 11.3 Å². The van der Waals surface area contributed by atoms with Gasteiger partial charge in [-0.2, -0.15) is 0 Å². The molecule has 1 fully saturated rings. The molecule has 0 aromatic carbocycles. The summed E-state index contributed by atoms with van der Waals surface area (Å²) >= 11 is 0. The van der Waals surface area contributed by atoms with Crippen molar-refractivity contribution in [1.82, 2.24) is 4.90 Å². The summed E-state index contributed by atoms with van der Waals surface area (Å²) in [5, 5.41) is 12.4. The molecule has 0 saturated carbocycles. The van der Waals surface area contributed by atoms with E-state index in [1.165, 1.54) is 0 Å². The average Bonchev–Trinajstić information content (AvgIpc) is 2.48. The number of hydrogen-bond donors (Lipinski definition) is 2. The number of likely N-dealkylation sites (tertiary alicyclic amines) is 1. The molecule has 5 nitrogen and oxygen atoms in total. The highest BCUT2D eigenvalue weighted by Gasteiger charge is 2.46. The molecule has 1 rings (SSSR count). The Bertz CT molecular complexity index is 376. The van der Waals surface area contributed by atoms with E-state index in [1.807, 2.05) is 18.7 Å². The summed E-state index contributed by atoms with van der Waals surface area (Å²) in [6, 6.07) is 0.214. The number of oxime groups is 1. The lowest BCUT2D eigenvalue weighted by Crippen LogP contribution is -2.56. The van der Waals surface area contributed by atoms with Gasteiger partial charge in [0.2, 0.25) is 5.91 Å². The highest BCUT2D eigenvalue weighted by atomic mass is 16.4. The molecule has 1 saturated heterocycles. The van der Waals surface area contributed by atoms with Crippen LogP contribution in [0.3, 0.4) is 0 Å². The van der Waals surface area contributed by atoms with Crippen molar-refractivity contribution in [3.8, 4) is 0 Å². The first kappa shape index (κ1) is 17.8. The van der Waals surface area contributed by atoms with Gasteiger partial charge in [-0.1, -0.05) is 38.8 Å². The van der Waals surface area contributed by atoms with Crippen LogP contribution in [0.25, 0.3) is 0 Å². The third-order valence-electron chi connectivity index (χ3n) is 5.00. The van der Waals surface area contributed by atoms with Gasteiger partial charge < -0.3 is 15.8 Å². The zero-order chi connectivity index (χ0) is 16.0. The number of carbonyl (C=O) groups is 1. The molecule has 0 radical (unpaired) electrons. The molecule has 122 valence electrons. The zero-order valence-corrected chi connectivity index (χ0v) is 13.9. The second-order valence-electron chi connectivity index (χ2n) is 6.43. The lowest BCUT2D eigenvalue weighted by Gasteiger charge is -2.43. The minimum absolute atomic E-state index is 0.0422. The summed E-state index contributed by atoms with van der Waals surface area (Å²) < 4.78 is 0. The number of rotatable bonds is 6. The van der Waals surface area contributed by atoms with Crippen molar-refractivity contribution in [3.05, 3.63) is 0 Å². The average molecular weight is 297 g/mol. The van der Waals surface area contributed by atoms with E-state index in [1.54, 1.807) is 0 Å². The molecule has 0 bridgehead atoms. The summed E-state index contributed by atoms with van der Waals surface area (Å²) in [7, 11) is 0. The van der Waals surface area contributed by atoms with E-state index in [0.717, 1.165) is 32.2 Å². The molecule has 1 aliphatic heterocycles. The first-order valence-corrected chi connectivity index (χ1v) is 8.23. The van der Waals surface area contributed by atoms with Crippen LogP contribution >= 0.6 is 0 Å². The Morgan fingerprint density at radius 1 is 1.33 bits per heavy atom. The third kappa shape index (κ3) is 3.50. The van der Waals surface area contributed by atoms with Gasteiger partial charge in [0.05, 0.1) is 0 Å². The molecule has 0 aliphatic carbocycles. The lowest BCUT2D eigenvalue weighted by molar-refractivity contribution is -0.144. The van der Waals surface area contributed by atoms with Crippen molar-refractivity contribution in [2.24, 2.45) is 22.2 Å². The number of amidine groups is 1. The fourth-order valence-corrected chi connectivity index (χ4v) is 3.55. The molecule has 0 aromatic rings. The van der Waals surface area contributed by atoms with Crippen molar-refractivity contribution < 1.29 is 10.0 Å². The molecule has 3 N–H and O–H groups in total. The van der Waals surface area contributed by atoms with Gasteiger partial charge in [-0.15, -0.1) is 0 Å². The highest BCUT2D eigenvalue weighted by Crippen LogP contribution is 2.36. The molecule has 21 heavy (non-hydrogen) atoms. The van der Waals surface area contributed by atoms with Crippen molar-refractivity contribution in [2.75, 3.05) is 6.54 Å². The Morgan fingerprint density at radius 3 is 2.38 bits per heavy atom. The van der Waals surface area contributed by atoms with E-state index in [-0.39, 0.29) is 17.8 Å². The summed E-state index contributed by atoms with van der Waals surface area (Å²) in [5.41, 5.74) is 5.12. The van der Waals surface area contributed by atoms with Gasteiger partial charge in [0.25, 0.3) is 0 Å². The zero-order valence-electron chi connectivity index (χ0n) is 13.9. The number of amides is 1. The van der Waals surface area contributed by atoms with Gasteiger partial charge >= 0.3 is 0 Å². The van der Waals surface area contributed by atoms with Gasteiger partial charge in [0.15, 0.2) is 5.84 Å². The van der Waals surface area contributed by atoms with Crippen LogP contribution in [0.15, 0.2) is 5.16 Å². The second-order valence-corrected chi connectivity index (χ2v) is 6.43. The second kappa shape index (κ2) is 7.66. The predicted molar refractivity (Wildman–Crippen MR) is 85.2 cm³/mol. The van der Waals surface area contributed by atoms with Crippen LogP contribution in [-0.4, -0.2) is 34.4 Å². The highest BCUT2D eigenvalue weighted by molar-refractivity contribution is 6.06. The van der Waals surface area contributed by atoms with Crippen molar-refractivity contribution in [3.63, 3.8) is 0 Å². The molecular weight excluding hydrogens is 266 g/mol. The van der Waals surface area contributed by atoms with Crippen LogP contribution in [0.1, 0.15) is 66.2 Å². The maximum absolute atomic E-state index is 13.2. The molecule has 1 aliphatic rings. The third-order valence-corrected chi connectivity index (χ3v) is 5.00. The van der Waals surface area contributed by atoms with E-state index in [0.29, 0.717) is 18.8 Å². The quantitative estimate of drug-likeness (QED) is 0.342. The predicted octanol–water partition coefficient (Wildman–Crippen LogP) is 2.97. The SMILES string of the molecule is CCCC(CCC)(C(=O)N1CCCC(C)C1C)C(N)=NO. The number of nitrogens with zero attached hydrogens (tertiary/aromatic N) is 2. The maximum atomic E-state index is 13.2. The summed E-state index contributed by atoms with van der Waals surface area (Å²) in [6.07, 6.45) is 5.12. The Labute approximate surface area is 128 Å². The largest absolute Gasteiger partial charge is 0.409 e. The van der Waals surface area contributed by atoms with E-state index in [4.69, 9.17) is 5.73 Å². The van der Waals surface area contributed by atoms with Crippen molar-refractivity contribution in [2.45, 2.75) is 72.3 Å². The lowest BCUT2D eigenvalue weighted by atomic mass is 9.75. The molecule has 1 amide bonds. The number of piperidine rings is 1. The van der Waals surface area contributed by atoms with Crippen molar-refractivity contribution in [1.29, 1.82) is 0 Å². The Balaban J connectivity index is 3.14. The van der Waals surface area contributed by atoms with E-state index >= 15 is 0 Å². The molecular formula is C16H31N3O2. The molecule has 2 unspecified atom stereocenters. The van der Waals surface area contributed by atoms with Crippen LogP contribution in [0.2, 0.25) is 0 Å². The maximum Gasteiger partial charge on any atom is 0.236 e. The van der Waals surface area contributed by atoms with E-state index < -0.39 is 5.41 Å². The summed E-state index contributed by atoms with van der Waals surface area (Å²) in [4.78, 5) is 15.2. The molecule has 0 aromatic heterocycles. The first-order chi connectivity index (χ1) is 9.94. The van der Waals surface area contributed by atoms with Gasteiger partial charge in [-0.25, -0.2) is 0 Å². The topological polar surface area (TPSA) is 78.9 Å². The molecule has 2 atom stereocenters. The van der Waals surface area contributed by atoms with Gasteiger partial charge in [0.1, 0.15) is 5.41 Å². The normalized spacial score (nSPS) is 24.2. The Hall–Kier alpha value is -1.26. The molecule has 5 heteroatoms. The smallest absolute Gasteiger partial charge is 0.236 e. The Morgan fingerprint density at radius 2 is 1.90 bits per heavy atom. The minimum Gasteiger partial charge on any atom is -0.409 e. The van der Waals surface area contributed by atoms with Crippen LogP contribution < -0.4 is 5.73 Å². The first-order valence-electron chi connectivity index (χ1n) is 8.23. The van der Waals surface area contributed by atoms with Crippen LogP contribution in [0.5, 0.6) is 0 Å². The minimum atomic E-state index is -0.844. The molecule has 0 spiro atoms. The van der Waals surface area contributed by atoms with E-state index in [2.05, 4.69) is 19.0 Å². The number of hydrogen-bond acceptors (Lipinski definition) is 3. The monoisotopic (exact) mass is 297 g/mol. The van der Waals surface area contributed by atoms with Gasteiger partial charge in [-0.3, -0.25) is 4.79 Å². The van der Waals surface area contributed by atoms with Crippen molar-refractivity contribution >= 4 is 11.7 Å². The summed E-state index contributed by atoms with van der Waals surface area (Å²) in [6.45, 7) is 9.14.